The van der Waals surface area contributed by atoms with E-state index in [1.807, 2.05) is 0 Å². The molecule has 0 amide bonds. The van der Waals surface area contributed by atoms with Crippen molar-refractivity contribution in [3.05, 3.63) is 0 Å². The monoisotopic (exact) mass is 244 g/mol. The molecule has 0 aromatic carbocycles. The highest BCUT2D eigenvalue weighted by molar-refractivity contribution is 6.91. The van der Waals surface area contributed by atoms with Gasteiger partial charge in [0.1, 0.15) is 0 Å². The smallest absolute Gasteiger partial charge is 0.0118 e. The normalized spacial score (nSPS) is 13.0. The summed E-state index contributed by atoms with van der Waals surface area (Å²) in [6.07, 6.45) is 13.4. The average Bonchev–Trinajstić information content (AvgIpc) is 2.29. The van der Waals surface area contributed by atoms with E-state index in [1.54, 1.807) is 19.3 Å². The Morgan fingerprint density at radius 1 is 0.800 bits per heavy atom. The van der Waals surface area contributed by atoms with E-state index in [-0.39, 0.29) is 0 Å². The predicted octanol–water partition coefficient (Wildman–Crippen LogP) is 3.16. The molecule has 0 N–H and O–H groups in total. The Morgan fingerprint density at radius 2 is 1.13 bits per heavy atom. The van der Waals surface area contributed by atoms with Crippen molar-refractivity contribution in [2.24, 2.45) is 0 Å². The molecule has 0 aromatic heterocycles. The van der Waals surface area contributed by atoms with Gasteiger partial charge in [-0.25, -0.2) is 0 Å². The fourth-order valence-corrected chi connectivity index (χ4v) is 7.55. The van der Waals surface area contributed by atoms with Gasteiger partial charge in [0.2, 0.25) is 0 Å². The molecule has 0 atom stereocenters. The minimum atomic E-state index is 0.299. The first-order valence-electron chi connectivity index (χ1n) is 7.24. The van der Waals surface area contributed by atoms with E-state index in [1.165, 1.54) is 48.3 Å². The van der Waals surface area contributed by atoms with E-state index < -0.39 is 0 Å². The molecule has 0 fully saturated rings. The van der Waals surface area contributed by atoms with Crippen LogP contribution in [0.25, 0.3) is 0 Å². The number of rotatable bonds is 10. The van der Waals surface area contributed by atoms with Gasteiger partial charge in [-0.1, -0.05) is 78.6 Å². The van der Waals surface area contributed by atoms with Crippen molar-refractivity contribution in [3.63, 3.8) is 0 Å². The number of hydrogen-bond donors (Lipinski definition) is 0. The van der Waals surface area contributed by atoms with E-state index >= 15 is 0 Å². The van der Waals surface area contributed by atoms with Crippen molar-refractivity contribution in [2.45, 2.75) is 83.6 Å². The molecular formula is C13H32Si2. The average molecular weight is 245 g/mol. The summed E-state index contributed by atoms with van der Waals surface area (Å²) >= 11 is 0. The van der Waals surface area contributed by atoms with Gasteiger partial charge in [0.15, 0.2) is 0 Å². The molecule has 92 valence electrons. The first-order valence-corrected chi connectivity index (χ1v) is 13.6. The van der Waals surface area contributed by atoms with Crippen LogP contribution in [0.15, 0.2) is 0 Å². The van der Waals surface area contributed by atoms with E-state index in [0.717, 1.165) is 5.04 Å². The van der Waals surface area contributed by atoms with Crippen LogP contribution in [-0.4, -0.2) is 18.8 Å². The van der Waals surface area contributed by atoms with Gasteiger partial charge >= 0.3 is 0 Å². The van der Waals surface area contributed by atoms with Crippen LogP contribution >= 0.6 is 0 Å². The van der Waals surface area contributed by atoms with Crippen LogP contribution in [0.4, 0.5) is 0 Å². The lowest BCUT2D eigenvalue weighted by molar-refractivity contribution is 0.402. The summed E-state index contributed by atoms with van der Waals surface area (Å²) in [6, 6.07) is 0. The summed E-state index contributed by atoms with van der Waals surface area (Å²) < 4.78 is 0. The Labute approximate surface area is 103 Å². The third kappa shape index (κ3) is 6.57. The molecule has 0 aliphatic rings. The second-order valence-electron chi connectivity index (χ2n) is 5.16. The van der Waals surface area contributed by atoms with Crippen LogP contribution in [0, 0.1) is 0 Å². The Balaban J connectivity index is 4.16. The highest BCUT2D eigenvalue weighted by Gasteiger charge is 2.25. The molecular weight excluding hydrogens is 212 g/mol. The zero-order valence-electron chi connectivity index (χ0n) is 11.6. The molecule has 0 unspecified atom stereocenters. The lowest BCUT2D eigenvalue weighted by Crippen LogP contribution is -2.21. The van der Waals surface area contributed by atoms with Crippen molar-refractivity contribution in [3.8, 4) is 0 Å². The summed E-state index contributed by atoms with van der Waals surface area (Å²) in [4.78, 5) is 0. The predicted molar refractivity (Wildman–Crippen MR) is 79.8 cm³/mol. The van der Waals surface area contributed by atoms with Gasteiger partial charge in [-0.3, -0.25) is 0 Å². The summed E-state index contributed by atoms with van der Waals surface area (Å²) in [7, 11) is 1.83. The third-order valence-corrected chi connectivity index (χ3v) is 11.0. The molecule has 0 radical (unpaired) electrons. The van der Waals surface area contributed by atoms with Gasteiger partial charge in [0, 0.05) is 9.04 Å². The summed E-state index contributed by atoms with van der Waals surface area (Å²) in [5, 5.41) is 0.897. The van der Waals surface area contributed by atoms with Crippen LogP contribution in [0.5, 0.6) is 0 Å². The number of unbranched alkanes of at least 4 members (excludes halogenated alkanes) is 3. The lowest BCUT2D eigenvalue weighted by atomic mass is 9.89. The summed E-state index contributed by atoms with van der Waals surface area (Å²) in [5.74, 6) is 0. The van der Waals surface area contributed by atoms with Gasteiger partial charge in [-0.15, -0.1) is 0 Å². The molecule has 0 aliphatic carbocycles. The van der Waals surface area contributed by atoms with Crippen LogP contribution in [0.2, 0.25) is 5.04 Å². The standard InChI is InChI=1S/C13H32Si2/c1-4-7-10-13(15-14,11-8-5-2)12-9-6-3/h4-12,15H2,1-3,14H3. The molecule has 0 rings (SSSR count). The Morgan fingerprint density at radius 3 is 1.33 bits per heavy atom. The topological polar surface area (TPSA) is 0 Å². The van der Waals surface area contributed by atoms with Gasteiger partial charge in [-0.05, 0) is 14.8 Å². The Kier molecular flexibility index (Phi) is 9.92. The van der Waals surface area contributed by atoms with E-state index in [4.69, 9.17) is 0 Å². The Bertz CT molecular complexity index is 113. The quantitative estimate of drug-likeness (QED) is 0.518. The van der Waals surface area contributed by atoms with Crippen molar-refractivity contribution < 1.29 is 0 Å². The SMILES string of the molecule is CCCCC(CCCC)(CCCC)[SiH2][SiH3]. The first kappa shape index (κ1) is 15.4. The van der Waals surface area contributed by atoms with Crippen molar-refractivity contribution in [2.75, 3.05) is 0 Å². The summed E-state index contributed by atoms with van der Waals surface area (Å²) in [6.45, 7) is 7.04. The molecule has 0 nitrogen and oxygen atoms in total. The molecule has 0 saturated heterocycles. The molecule has 2 heteroatoms. The maximum absolute atomic E-state index is 2.35. The van der Waals surface area contributed by atoms with Gasteiger partial charge in [0.05, 0.1) is 0 Å². The van der Waals surface area contributed by atoms with Crippen molar-refractivity contribution in [1.29, 1.82) is 0 Å². The van der Waals surface area contributed by atoms with Crippen molar-refractivity contribution >= 4 is 18.8 Å². The molecule has 0 bridgehead atoms. The molecule has 0 spiro atoms. The molecule has 0 aliphatic heterocycles. The maximum Gasteiger partial charge on any atom is 0.0118 e. The molecule has 0 heterocycles. The second-order valence-corrected chi connectivity index (χ2v) is 9.49. The zero-order chi connectivity index (χ0) is 11.6. The third-order valence-electron chi connectivity index (χ3n) is 3.93. The van der Waals surface area contributed by atoms with Crippen LogP contribution < -0.4 is 0 Å². The van der Waals surface area contributed by atoms with Crippen molar-refractivity contribution in [1.82, 2.24) is 0 Å². The van der Waals surface area contributed by atoms with Gasteiger partial charge < -0.3 is 0 Å². The van der Waals surface area contributed by atoms with Crippen LogP contribution in [-0.2, 0) is 0 Å². The highest BCUT2D eigenvalue weighted by atomic mass is 29.1. The van der Waals surface area contributed by atoms with E-state index in [2.05, 4.69) is 20.8 Å². The maximum atomic E-state index is 2.35. The van der Waals surface area contributed by atoms with Crippen LogP contribution in [0.1, 0.15) is 78.6 Å². The molecule has 15 heavy (non-hydrogen) atoms. The minimum absolute atomic E-state index is 0.299. The van der Waals surface area contributed by atoms with E-state index in [9.17, 15) is 0 Å². The van der Waals surface area contributed by atoms with Crippen LogP contribution in [0.3, 0.4) is 0 Å². The lowest BCUT2D eigenvalue weighted by Gasteiger charge is -2.33. The molecule has 0 aromatic rings. The van der Waals surface area contributed by atoms with Gasteiger partial charge in [0.25, 0.3) is 0 Å². The Hall–Kier alpha value is 0.434. The minimum Gasteiger partial charge on any atom is -0.0654 e. The zero-order valence-corrected chi connectivity index (χ0v) is 15.0. The summed E-state index contributed by atoms with van der Waals surface area (Å²) in [5.41, 5.74) is 0. The fourth-order valence-electron chi connectivity index (χ4n) is 2.56. The van der Waals surface area contributed by atoms with Gasteiger partial charge in [-0.2, -0.15) is 0 Å². The van der Waals surface area contributed by atoms with E-state index in [0.29, 0.717) is 9.04 Å². The first-order chi connectivity index (χ1) is 7.24. The number of hydrogen-bond acceptors (Lipinski definition) is 0. The fraction of sp³-hybridized carbons (Fsp3) is 1.00. The molecule has 0 saturated carbocycles. The largest absolute Gasteiger partial charge is 0.0654 e. The highest BCUT2D eigenvalue weighted by Crippen LogP contribution is 2.42. The second kappa shape index (κ2) is 9.64.